The molecule has 0 radical (unpaired) electrons. The van der Waals surface area contributed by atoms with Gasteiger partial charge in [0, 0.05) is 30.2 Å². The van der Waals surface area contributed by atoms with Crippen molar-refractivity contribution in [3.05, 3.63) is 29.8 Å². The summed E-state index contributed by atoms with van der Waals surface area (Å²) in [4.78, 5) is 15.1. The first-order chi connectivity index (χ1) is 9.15. The second-order valence-corrected chi connectivity index (χ2v) is 6.19. The smallest absolute Gasteiger partial charge is 0.223 e. The zero-order valence-corrected chi connectivity index (χ0v) is 12.2. The number of hydrogen-bond donors (Lipinski definition) is 1. The highest BCUT2D eigenvalue weighted by Gasteiger charge is 2.20. The molecule has 0 saturated carbocycles. The molecule has 1 amide bonds. The van der Waals surface area contributed by atoms with Crippen LogP contribution in [0.4, 0.5) is 0 Å². The lowest BCUT2D eigenvalue weighted by atomic mass is 10.1. The fourth-order valence-electron chi connectivity index (χ4n) is 2.16. The minimum atomic E-state index is -0.217. The van der Waals surface area contributed by atoms with Gasteiger partial charge in [0.1, 0.15) is 0 Å². The van der Waals surface area contributed by atoms with Gasteiger partial charge in [0.15, 0.2) is 0 Å². The average Bonchev–Trinajstić information content (AvgIpc) is 2.41. The number of amides is 1. The molecule has 1 saturated heterocycles. The number of carbonyl (C=O) groups excluding carboxylic acids is 1. The van der Waals surface area contributed by atoms with Crippen LogP contribution in [-0.2, 0) is 4.79 Å². The maximum atomic E-state index is 12.0. The van der Waals surface area contributed by atoms with Crippen LogP contribution in [0.5, 0.6) is 0 Å². The van der Waals surface area contributed by atoms with Crippen LogP contribution >= 0.6 is 11.8 Å². The van der Waals surface area contributed by atoms with Gasteiger partial charge in [0.25, 0.3) is 0 Å². The third-order valence-corrected chi connectivity index (χ3v) is 4.44. The molecule has 0 unspecified atom stereocenters. The van der Waals surface area contributed by atoms with E-state index in [4.69, 9.17) is 0 Å². The number of piperidine rings is 1. The summed E-state index contributed by atoms with van der Waals surface area (Å²) in [6.45, 7) is 3.48. The Balaban J connectivity index is 1.70. The molecular formula is C15H21NO2S. The Morgan fingerprint density at radius 2 is 1.95 bits per heavy atom. The summed E-state index contributed by atoms with van der Waals surface area (Å²) in [6, 6.07) is 8.38. The molecule has 1 aromatic rings. The average molecular weight is 279 g/mol. The van der Waals surface area contributed by atoms with Crippen LogP contribution in [0.15, 0.2) is 29.2 Å². The summed E-state index contributed by atoms with van der Waals surface area (Å²) in [5.74, 6) is 1.03. The first kappa shape index (κ1) is 14.4. The van der Waals surface area contributed by atoms with Crippen molar-refractivity contribution in [2.45, 2.75) is 37.2 Å². The summed E-state index contributed by atoms with van der Waals surface area (Å²) in [5.41, 5.74) is 1.26. The first-order valence-electron chi connectivity index (χ1n) is 6.80. The molecule has 3 nitrogen and oxygen atoms in total. The molecule has 0 atom stereocenters. The summed E-state index contributed by atoms with van der Waals surface area (Å²) >= 11 is 1.73. The normalized spacial score (nSPS) is 16.6. The number of thioether (sulfide) groups is 1. The van der Waals surface area contributed by atoms with E-state index in [1.54, 1.807) is 11.8 Å². The third-order valence-electron chi connectivity index (χ3n) is 3.42. The van der Waals surface area contributed by atoms with Crippen LogP contribution in [0, 0.1) is 6.92 Å². The fraction of sp³-hybridized carbons (Fsp3) is 0.533. The Labute approximate surface area is 119 Å². The standard InChI is InChI=1S/C15H21NO2S/c1-12-2-4-14(5-3-12)19-11-8-15(18)16-9-6-13(17)7-10-16/h2-5,13,17H,6-11H2,1H3. The molecule has 1 N–H and O–H groups in total. The van der Waals surface area contributed by atoms with E-state index in [1.807, 2.05) is 4.90 Å². The maximum absolute atomic E-state index is 12.0. The SMILES string of the molecule is Cc1ccc(SCCC(=O)N2CCC(O)CC2)cc1. The Kier molecular flexibility index (Phi) is 5.28. The molecule has 0 bridgehead atoms. The molecule has 2 rings (SSSR count). The summed E-state index contributed by atoms with van der Waals surface area (Å²) in [5, 5.41) is 9.41. The molecule has 1 heterocycles. The van der Waals surface area contributed by atoms with Crippen molar-refractivity contribution < 1.29 is 9.90 Å². The summed E-state index contributed by atoms with van der Waals surface area (Å²) in [6.07, 6.45) is 1.80. The lowest BCUT2D eigenvalue weighted by Gasteiger charge is -2.29. The van der Waals surface area contributed by atoms with Gasteiger partial charge in [-0.15, -0.1) is 11.8 Å². The largest absolute Gasteiger partial charge is 0.393 e. The van der Waals surface area contributed by atoms with Gasteiger partial charge in [-0.3, -0.25) is 4.79 Å². The van der Waals surface area contributed by atoms with Crippen LogP contribution in [0.2, 0.25) is 0 Å². The molecule has 1 aliphatic heterocycles. The van der Waals surface area contributed by atoms with Crippen molar-refractivity contribution in [2.75, 3.05) is 18.8 Å². The second-order valence-electron chi connectivity index (χ2n) is 5.02. The molecule has 0 aromatic heterocycles. The molecule has 1 fully saturated rings. The van der Waals surface area contributed by atoms with Crippen LogP contribution in [-0.4, -0.2) is 40.9 Å². The van der Waals surface area contributed by atoms with Gasteiger partial charge in [-0.1, -0.05) is 17.7 Å². The zero-order valence-electron chi connectivity index (χ0n) is 11.3. The Morgan fingerprint density at radius 1 is 1.32 bits per heavy atom. The lowest BCUT2D eigenvalue weighted by Crippen LogP contribution is -2.40. The van der Waals surface area contributed by atoms with Crippen LogP contribution < -0.4 is 0 Å². The number of aryl methyl sites for hydroxylation is 1. The van der Waals surface area contributed by atoms with Crippen molar-refractivity contribution in [3.8, 4) is 0 Å². The van der Waals surface area contributed by atoms with Gasteiger partial charge < -0.3 is 10.0 Å². The number of benzene rings is 1. The molecule has 1 aliphatic rings. The van der Waals surface area contributed by atoms with E-state index >= 15 is 0 Å². The van der Waals surface area contributed by atoms with Crippen LogP contribution in [0.3, 0.4) is 0 Å². The summed E-state index contributed by atoms with van der Waals surface area (Å²) in [7, 11) is 0. The molecule has 0 aliphatic carbocycles. The predicted octanol–water partition coefficient (Wildman–Crippen LogP) is 2.46. The maximum Gasteiger partial charge on any atom is 0.223 e. The molecule has 4 heteroatoms. The molecule has 0 spiro atoms. The zero-order chi connectivity index (χ0) is 13.7. The van der Waals surface area contributed by atoms with Crippen molar-refractivity contribution in [1.82, 2.24) is 4.90 Å². The number of nitrogens with zero attached hydrogens (tertiary/aromatic N) is 1. The van der Waals surface area contributed by atoms with E-state index < -0.39 is 0 Å². The number of carbonyl (C=O) groups is 1. The minimum absolute atomic E-state index is 0.214. The highest BCUT2D eigenvalue weighted by Crippen LogP contribution is 2.20. The number of aliphatic hydroxyl groups excluding tert-OH is 1. The van der Waals surface area contributed by atoms with Gasteiger partial charge in [-0.2, -0.15) is 0 Å². The quantitative estimate of drug-likeness (QED) is 0.861. The first-order valence-corrected chi connectivity index (χ1v) is 7.79. The monoisotopic (exact) mass is 279 g/mol. The lowest BCUT2D eigenvalue weighted by molar-refractivity contribution is -0.132. The molecule has 104 valence electrons. The van der Waals surface area contributed by atoms with E-state index in [1.165, 1.54) is 10.5 Å². The van der Waals surface area contributed by atoms with E-state index in [2.05, 4.69) is 31.2 Å². The topological polar surface area (TPSA) is 40.5 Å². The highest BCUT2D eigenvalue weighted by molar-refractivity contribution is 7.99. The predicted molar refractivity (Wildman–Crippen MR) is 78.3 cm³/mol. The Bertz CT molecular complexity index is 411. The number of aliphatic hydroxyl groups is 1. The van der Waals surface area contributed by atoms with Crippen LogP contribution in [0.25, 0.3) is 0 Å². The van der Waals surface area contributed by atoms with E-state index in [0.717, 1.165) is 18.6 Å². The fourth-order valence-corrected chi connectivity index (χ4v) is 3.00. The van der Waals surface area contributed by atoms with Crippen molar-refractivity contribution in [1.29, 1.82) is 0 Å². The number of hydrogen-bond acceptors (Lipinski definition) is 3. The van der Waals surface area contributed by atoms with Crippen molar-refractivity contribution in [3.63, 3.8) is 0 Å². The Hall–Kier alpha value is -1.00. The minimum Gasteiger partial charge on any atom is -0.393 e. The van der Waals surface area contributed by atoms with Crippen molar-refractivity contribution >= 4 is 17.7 Å². The Morgan fingerprint density at radius 3 is 2.58 bits per heavy atom. The van der Waals surface area contributed by atoms with E-state index in [-0.39, 0.29) is 12.0 Å². The van der Waals surface area contributed by atoms with E-state index in [0.29, 0.717) is 19.5 Å². The van der Waals surface area contributed by atoms with Gasteiger partial charge in [-0.05, 0) is 31.9 Å². The molecule has 19 heavy (non-hydrogen) atoms. The van der Waals surface area contributed by atoms with Gasteiger partial charge in [-0.25, -0.2) is 0 Å². The number of likely N-dealkylation sites (tertiary alicyclic amines) is 1. The van der Waals surface area contributed by atoms with Crippen LogP contribution in [0.1, 0.15) is 24.8 Å². The van der Waals surface area contributed by atoms with E-state index in [9.17, 15) is 9.90 Å². The van der Waals surface area contributed by atoms with Gasteiger partial charge >= 0.3 is 0 Å². The molecule has 1 aromatic carbocycles. The second kappa shape index (κ2) is 6.96. The summed E-state index contributed by atoms with van der Waals surface area (Å²) < 4.78 is 0. The third kappa shape index (κ3) is 4.55. The van der Waals surface area contributed by atoms with Gasteiger partial charge in [0.2, 0.25) is 5.91 Å². The highest BCUT2D eigenvalue weighted by atomic mass is 32.2. The van der Waals surface area contributed by atoms with Crippen molar-refractivity contribution in [2.24, 2.45) is 0 Å². The molecular weight excluding hydrogens is 258 g/mol. The van der Waals surface area contributed by atoms with Gasteiger partial charge in [0.05, 0.1) is 6.10 Å². The number of rotatable bonds is 4.